The Morgan fingerprint density at radius 2 is 1.74 bits per heavy atom. The monoisotopic (exact) mass is 499 g/mol. The molecule has 0 saturated carbocycles. The number of esters is 1. The van der Waals surface area contributed by atoms with Crippen LogP contribution in [0, 0.1) is 0 Å². The molecule has 3 N–H and O–H groups in total. The second-order valence-electron chi connectivity index (χ2n) is 8.72. The van der Waals surface area contributed by atoms with E-state index in [1.165, 1.54) is 12.7 Å². The van der Waals surface area contributed by atoms with E-state index in [0.717, 1.165) is 0 Å². The van der Waals surface area contributed by atoms with Gasteiger partial charge >= 0.3 is 12.1 Å². The predicted octanol–water partition coefficient (Wildman–Crippen LogP) is 3.67. The van der Waals surface area contributed by atoms with Crippen molar-refractivity contribution in [1.29, 1.82) is 0 Å². The molecule has 4 rings (SSSR count). The molecule has 2 fully saturated rings. The maximum Gasteiger partial charge on any atom is 0.412 e. The van der Waals surface area contributed by atoms with Crippen LogP contribution >= 0.6 is 12.2 Å². The third kappa shape index (κ3) is 6.08. The average Bonchev–Trinajstić information content (AvgIpc) is 3.42. The van der Waals surface area contributed by atoms with E-state index in [1.807, 2.05) is 24.3 Å². The Kier molecular flexibility index (Phi) is 7.84. The Balaban J connectivity index is 1.27. The van der Waals surface area contributed by atoms with Crippen LogP contribution in [0.4, 0.5) is 16.2 Å². The van der Waals surface area contributed by atoms with E-state index in [9.17, 15) is 9.59 Å². The van der Waals surface area contributed by atoms with Gasteiger partial charge < -0.3 is 29.6 Å². The third-order valence-corrected chi connectivity index (χ3v) is 6.17. The largest absolute Gasteiger partial charge is 0.465 e. The van der Waals surface area contributed by atoms with Gasteiger partial charge in [0.1, 0.15) is 12.2 Å². The smallest absolute Gasteiger partial charge is 0.412 e. The summed E-state index contributed by atoms with van der Waals surface area (Å²) in [6, 6.07) is 14.3. The van der Waals surface area contributed by atoms with E-state index in [4.69, 9.17) is 31.2 Å². The number of amides is 1. The maximum absolute atomic E-state index is 12.4. The van der Waals surface area contributed by atoms with E-state index in [1.54, 1.807) is 24.3 Å². The summed E-state index contributed by atoms with van der Waals surface area (Å²) < 4.78 is 22.1. The fourth-order valence-corrected chi connectivity index (χ4v) is 4.37. The van der Waals surface area contributed by atoms with Crippen molar-refractivity contribution in [3.8, 4) is 0 Å². The first-order chi connectivity index (χ1) is 16.8. The Hall–Kier alpha value is -3.21. The highest BCUT2D eigenvalue weighted by Gasteiger charge is 2.49. The number of methoxy groups -OCH3 is 1. The quantitative estimate of drug-likeness (QED) is 0.405. The fourth-order valence-electron chi connectivity index (χ4n) is 4.10. The molecule has 2 heterocycles. The van der Waals surface area contributed by atoms with Crippen molar-refractivity contribution < 1.29 is 28.5 Å². The molecule has 0 aromatic heterocycles. The third-order valence-electron chi connectivity index (χ3n) is 5.95. The van der Waals surface area contributed by atoms with E-state index in [-0.39, 0.29) is 18.8 Å². The second-order valence-corrected chi connectivity index (χ2v) is 9.13. The lowest BCUT2D eigenvalue weighted by Gasteiger charge is -2.20. The van der Waals surface area contributed by atoms with Crippen molar-refractivity contribution in [3.05, 3.63) is 59.7 Å². The number of benzene rings is 2. The molecule has 0 spiro atoms. The number of thiocarbonyl (C=S) groups is 1. The molecule has 2 saturated heterocycles. The van der Waals surface area contributed by atoms with E-state index < -0.39 is 24.3 Å². The number of ether oxygens (including phenoxy) is 4. The van der Waals surface area contributed by atoms with Gasteiger partial charge in [-0.15, -0.1) is 0 Å². The van der Waals surface area contributed by atoms with Crippen LogP contribution in [0.2, 0.25) is 0 Å². The van der Waals surface area contributed by atoms with Gasteiger partial charge in [0.25, 0.3) is 0 Å². The summed E-state index contributed by atoms with van der Waals surface area (Å²) in [6.07, 6.45) is -1.80. The van der Waals surface area contributed by atoms with Crippen molar-refractivity contribution in [1.82, 2.24) is 5.32 Å². The summed E-state index contributed by atoms with van der Waals surface area (Å²) in [7, 11) is 1.33. The van der Waals surface area contributed by atoms with Crippen LogP contribution in [0.15, 0.2) is 48.5 Å². The highest BCUT2D eigenvalue weighted by molar-refractivity contribution is 7.80. The van der Waals surface area contributed by atoms with Gasteiger partial charge in [0.15, 0.2) is 11.2 Å². The summed E-state index contributed by atoms with van der Waals surface area (Å²) >= 11 is 5.42. The van der Waals surface area contributed by atoms with Crippen LogP contribution in [0.1, 0.15) is 35.7 Å². The van der Waals surface area contributed by atoms with Crippen LogP contribution in [-0.2, 0) is 18.9 Å². The summed E-state index contributed by atoms with van der Waals surface area (Å²) in [6.45, 7) is 4.80. The molecular weight excluding hydrogens is 470 g/mol. The van der Waals surface area contributed by atoms with Crippen LogP contribution < -0.4 is 16.0 Å². The molecule has 0 radical (unpaired) electrons. The van der Waals surface area contributed by atoms with E-state index in [0.29, 0.717) is 34.6 Å². The SMILES string of the molecule is COC(=O)c1cccc(NC(=S)NC2COC3C(OC(=O)Nc4ccc(C(C)C)cc4)COC23)c1. The average molecular weight is 500 g/mol. The normalized spacial score (nSPS) is 22.9. The first-order valence-electron chi connectivity index (χ1n) is 11.4. The van der Waals surface area contributed by atoms with E-state index in [2.05, 4.69) is 29.8 Å². The summed E-state index contributed by atoms with van der Waals surface area (Å²) in [4.78, 5) is 24.1. The summed E-state index contributed by atoms with van der Waals surface area (Å²) in [5, 5.41) is 9.35. The van der Waals surface area contributed by atoms with E-state index >= 15 is 0 Å². The van der Waals surface area contributed by atoms with Crippen molar-refractivity contribution in [3.63, 3.8) is 0 Å². The van der Waals surface area contributed by atoms with Gasteiger partial charge in [-0.25, -0.2) is 9.59 Å². The molecule has 0 aliphatic carbocycles. The van der Waals surface area contributed by atoms with Gasteiger partial charge in [0.05, 0.1) is 31.9 Å². The maximum atomic E-state index is 12.4. The standard InChI is InChI=1S/C25H29N3O6S/c1-14(2)15-7-9-17(10-8-15)27-25(30)34-20-13-33-21-19(12-32-22(20)21)28-24(35)26-18-6-4-5-16(11-18)23(29)31-3/h4-11,14,19-22H,12-13H2,1-3H3,(H,27,30)(H2,26,28,35). The first kappa shape index (κ1) is 24.9. The molecule has 186 valence electrons. The predicted molar refractivity (Wildman–Crippen MR) is 135 cm³/mol. The number of hydrogen-bond donors (Lipinski definition) is 3. The molecule has 1 amide bonds. The Bertz CT molecular complexity index is 1080. The lowest BCUT2D eigenvalue weighted by Crippen LogP contribution is -2.46. The van der Waals surface area contributed by atoms with Crippen LogP contribution in [0.3, 0.4) is 0 Å². The fraction of sp³-hybridized carbons (Fsp3) is 0.400. The molecule has 35 heavy (non-hydrogen) atoms. The van der Waals surface area contributed by atoms with Gasteiger partial charge in [0, 0.05) is 11.4 Å². The number of fused-ring (bicyclic) bond motifs is 1. The number of hydrogen-bond acceptors (Lipinski definition) is 7. The van der Waals surface area contributed by atoms with Crippen LogP contribution in [-0.4, -0.2) is 61.9 Å². The summed E-state index contributed by atoms with van der Waals surface area (Å²) in [5.74, 6) is -0.0145. The van der Waals surface area contributed by atoms with Crippen molar-refractivity contribution in [2.45, 2.75) is 44.1 Å². The van der Waals surface area contributed by atoms with Crippen molar-refractivity contribution in [2.75, 3.05) is 31.0 Å². The highest BCUT2D eigenvalue weighted by Crippen LogP contribution is 2.29. The molecule has 2 aromatic carbocycles. The number of nitrogens with one attached hydrogen (secondary N) is 3. The zero-order valence-corrected chi connectivity index (χ0v) is 20.6. The van der Waals surface area contributed by atoms with Gasteiger partial charge in [0.2, 0.25) is 0 Å². The molecule has 4 unspecified atom stereocenters. The minimum atomic E-state index is -0.556. The minimum absolute atomic E-state index is 0.218. The van der Waals surface area contributed by atoms with Gasteiger partial charge in [-0.05, 0) is 54.0 Å². The van der Waals surface area contributed by atoms with Gasteiger partial charge in [-0.1, -0.05) is 32.0 Å². The van der Waals surface area contributed by atoms with Crippen molar-refractivity contribution >= 4 is 40.8 Å². The molecular formula is C25H29N3O6S. The zero-order valence-electron chi connectivity index (χ0n) is 19.8. The Morgan fingerprint density at radius 3 is 2.46 bits per heavy atom. The molecule has 2 aliphatic heterocycles. The zero-order chi connectivity index (χ0) is 24.9. The first-order valence-corrected chi connectivity index (χ1v) is 11.8. The van der Waals surface area contributed by atoms with Crippen molar-refractivity contribution in [2.24, 2.45) is 0 Å². The van der Waals surface area contributed by atoms with Gasteiger partial charge in [-0.2, -0.15) is 0 Å². The lowest BCUT2D eigenvalue weighted by molar-refractivity contribution is 0.00880. The summed E-state index contributed by atoms with van der Waals surface area (Å²) in [5.41, 5.74) is 2.91. The number of anilines is 2. The number of rotatable bonds is 6. The Labute approximate surface area is 209 Å². The molecule has 4 atom stereocenters. The minimum Gasteiger partial charge on any atom is -0.465 e. The Morgan fingerprint density at radius 1 is 1.00 bits per heavy atom. The number of carbonyl (C=O) groups excluding carboxylic acids is 2. The molecule has 10 heteroatoms. The van der Waals surface area contributed by atoms with Gasteiger partial charge in [-0.3, -0.25) is 5.32 Å². The topological polar surface area (TPSA) is 107 Å². The molecule has 0 bridgehead atoms. The lowest BCUT2D eigenvalue weighted by atomic mass is 10.0. The number of carbonyl (C=O) groups is 2. The highest BCUT2D eigenvalue weighted by atomic mass is 32.1. The second kappa shape index (κ2) is 11.0. The van der Waals surface area contributed by atoms with Crippen LogP contribution in [0.5, 0.6) is 0 Å². The van der Waals surface area contributed by atoms with Crippen LogP contribution in [0.25, 0.3) is 0 Å². The molecule has 9 nitrogen and oxygen atoms in total. The molecule has 2 aliphatic rings. The molecule has 2 aromatic rings.